The van der Waals surface area contributed by atoms with Crippen molar-refractivity contribution in [2.75, 3.05) is 19.6 Å². The zero-order valence-electron chi connectivity index (χ0n) is 14.1. The third-order valence-electron chi connectivity index (χ3n) is 5.21. The third-order valence-corrected chi connectivity index (χ3v) is 5.21. The summed E-state index contributed by atoms with van der Waals surface area (Å²) in [4.78, 5) is 15.2. The standard InChI is InChI=1S/C18H34N2O/c1-15(2)20(14-16-9-8-12-19-13-16)18(21)17-10-6-4-3-5-7-11-17/h15-17,19H,3-14H2,1-2H3. The second-order valence-electron chi connectivity index (χ2n) is 7.34. The average Bonchev–Trinajstić information content (AvgIpc) is 2.44. The molecule has 0 spiro atoms. The van der Waals surface area contributed by atoms with Crippen LogP contribution in [0, 0.1) is 11.8 Å². The molecule has 2 aliphatic rings. The summed E-state index contributed by atoms with van der Waals surface area (Å²) in [6.07, 6.45) is 11.2. The molecule has 2 rings (SSSR count). The molecule has 1 saturated carbocycles. The van der Waals surface area contributed by atoms with E-state index in [1.165, 1.54) is 44.9 Å². The maximum absolute atomic E-state index is 13.0. The molecule has 1 atom stereocenters. The zero-order chi connectivity index (χ0) is 15.1. The Morgan fingerprint density at radius 1 is 1.05 bits per heavy atom. The Balaban J connectivity index is 1.93. The quantitative estimate of drug-likeness (QED) is 0.859. The van der Waals surface area contributed by atoms with Gasteiger partial charge in [-0.15, -0.1) is 0 Å². The number of amides is 1. The number of hydrogen-bond acceptors (Lipinski definition) is 2. The van der Waals surface area contributed by atoms with Crippen LogP contribution < -0.4 is 5.32 Å². The average molecular weight is 294 g/mol. The van der Waals surface area contributed by atoms with Gasteiger partial charge in [0.05, 0.1) is 0 Å². The number of nitrogens with one attached hydrogen (secondary N) is 1. The largest absolute Gasteiger partial charge is 0.340 e. The second kappa shape index (κ2) is 8.77. The van der Waals surface area contributed by atoms with Crippen LogP contribution in [0.4, 0.5) is 0 Å². The molecule has 0 aromatic rings. The predicted octanol–water partition coefficient (Wildman–Crippen LogP) is 3.58. The van der Waals surface area contributed by atoms with Gasteiger partial charge in [0.1, 0.15) is 0 Å². The fraction of sp³-hybridized carbons (Fsp3) is 0.944. The van der Waals surface area contributed by atoms with Crippen LogP contribution in [0.2, 0.25) is 0 Å². The van der Waals surface area contributed by atoms with Gasteiger partial charge in [-0.1, -0.05) is 32.1 Å². The molecule has 3 heteroatoms. The summed E-state index contributed by atoms with van der Waals surface area (Å²) >= 11 is 0. The zero-order valence-corrected chi connectivity index (χ0v) is 14.1. The van der Waals surface area contributed by atoms with E-state index >= 15 is 0 Å². The Kier molecular flexibility index (Phi) is 7.01. The molecule has 1 heterocycles. The van der Waals surface area contributed by atoms with Crippen LogP contribution in [-0.2, 0) is 4.79 Å². The van der Waals surface area contributed by atoms with E-state index < -0.39 is 0 Å². The molecule has 0 aromatic heterocycles. The summed E-state index contributed by atoms with van der Waals surface area (Å²) in [5.74, 6) is 1.39. The summed E-state index contributed by atoms with van der Waals surface area (Å²) < 4.78 is 0. The SMILES string of the molecule is CC(C)N(CC1CCCNC1)C(=O)C1CCCCCCC1. The number of rotatable bonds is 4. The first-order valence-corrected chi connectivity index (χ1v) is 9.19. The van der Waals surface area contributed by atoms with Crippen LogP contribution in [0.15, 0.2) is 0 Å². The van der Waals surface area contributed by atoms with E-state index in [0.29, 0.717) is 23.8 Å². The van der Waals surface area contributed by atoms with Gasteiger partial charge in [-0.05, 0) is 58.5 Å². The first-order chi connectivity index (χ1) is 10.2. The molecule has 1 unspecified atom stereocenters. The number of carbonyl (C=O) groups excluding carboxylic acids is 1. The van der Waals surface area contributed by atoms with Crippen molar-refractivity contribution in [2.45, 2.75) is 77.7 Å². The predicted molar refractivity (Wildman–Crippen MR) is 88.3 cm³/mol. The summed E-state index contributed by atoms with van der Waals surface area (Å²) in [5.41, 5.74) is 0. The van der Waals surface area contributed by atoms with Gasteiger partial charge < -0.3 is 10.2 Å². The van der Waals surface area contributed by atoms with Crippen molar-refractivity contribution >= 4 is 5.91 Å². The van der Waals surface area contributed by atoms with Crippen molar-refractivity contribution in [3.05, 3.63) is 0 Å². The van der Waals surface area contributed by atoms with E-state index in [0.717, 1.165) is 32.5 Å². The van der Waals surface area contributed by atoms with E-state index in [1.54, 1.807) is 0 Å². The first kappa shape index (κ1) is 16.8. The molecular formula is C18H34N2O. The molecule has 21 heavy (non-hydrogen) atoms. The van der Waals surface area contributed by atoms with Crippen molar-refractivity contribution in [3.63, 3.8) is 0 Å². The lowest BCUT2D eigenvalue weighted by Gasteiger charge is -2.35. The Hall–Kier alpha value is -0.570. The molecule has 1 amide bonds. The molecule has 1 N–H and O–H groups in total. The number of hydrogen-bond donors (Lipinski definition) is 1. The summed E-state index contributed by atoms with van der Waals surface area (Å²) in [6.45, 7) is 7.55. The molecule has 2 fully saturated rings. The topological polar surface area (TPSA) is 32.3 Å². The van der Waals surface area contributed by atoms with Crippen LogP contribution in [0.1, 0.15) is 71.6 Å². The Bertz CT molecular complexity index is 302. The van der Waals surface area contributed by atoms with Crippen LogP contribution in [0.25, 0.3) is 0 Å². The lowest BCUT2D eigenvalue weighted by molar-refractivity contribution is -0.138. The van der Waals surface area contributed by atoms with Crippen molar-refractivity contribution < 1.29 is 4.79 Å². The van der Waals surface area contributed by atoms with Gasteiger partial charge in [-0.25, -0.2) is 0 Å². The van der Waals surface area contributed by atoms with E-state index in [2.05, 4.69) is 24.1 Å². The van der Waals surface area contributed by atoms with Gasteiger partial charge in [-0.3, -0.25) is 4.79 Å². The van der Waals surface area contributed by atoms with E-state index in [4.69, 9.17) is 0 Å². The highest BCUT2D eigenvalue weighted by Crippen LogP contribution is 2.25. The highest BCUT2D eigenvalue weighted by atomic mass is 16.2. The van der Waals surface area contributed by atoms with Gasteiger partial charge in [0, 0.05) is 18.5 Å². The smallest absolute Gasteiger partial charge is 0.225 e. The normalized spacial score (nSPS) is 25.4. The van der Waals surface area contributed by atoms with Crippen molar-refractivity contribution in [1.82, 2.24) is 10.2 Å². The van der Waals surface area contributed by atoms with Gasteiger partial charge >= 0.3 is 0 Å². The highest BCUT2D eigenvalue weighted by molar-refractivity contribution is 5.79. The summed E-state index contributed by atoms with van der Waals surface area (Å²) in [7, 11) is 0. The minimum Gasteiger partial charge on any atom is -0.340 e. The van der Waals surface area contributed by atoms with Gasteiger partial charge in [0.2, 0.25) is 5.91 Å². The third kappa shape index (κ3) is 5.28. The molecule has 122 valence electrons. The van der Waals surface area contributed by atoms with E-state index in [1.807, 2.05) is 0 Å². The van der Waals surface area contributed by atoms with E-state index in [-0.39, 0.29) is 0 Å². The van der Waals surface area contributed by atoms with Crippen LogP contribution in [-0.4, -0.2) is 36.5 Å². The minimum atomic E-state index is 0.296. The lowest BCUT2D eigenvalue weighted by Crippen LogP contribution is -2.46. The molecule has 0 aromatic carbocycles. The van der Waals surface area contributed by atoms with Crippen molar-refractivity contribution in [3.8, 4) is 0 Å². The molecule has 1 saturated heterocycles. The summed E-state index contributed by atoms with van der Waals surface area (Å²) in [5, 5.41) is 3.48. The number of piperidine rings is 1. The second-order valence-corrected chi connectivity index (χ2v) is 7.34. The highest BCUT2D eigenvalue weighted by Gasteiger charge is 2.28. The number of nitrogens with zero attached hydrogens (tertiary/aromatic N) is 1. The molecular weight excluding hydrogens is 260 g/mol. The van der Waals surface area contributed by atoms with Crippen LogP contribution in [0.5, 0.6) is 0 Å². The Morgan fingerprint density at radius 2 is 1.71 bits per heavy atom. The summed E-state index contributed by atoms with van der Waals surface area (Å²) in [6, 6.07) is 0.338. The van der Waals surface area contributed by atoms with E-state index in [9.17, 15) is 4.79 Å². The maximum atomic E-state index is 13.0. The molecule has 1 aliphatic carbocycles. The Morgan fingerprint density at radius 3 is 2.29 bits per heavy atom. The molecule has 0 bridgehead atoms. The van der Waals surface area contributed by atoms with Crippen molar-refractivity contribution in [1.29, 1.82) is 0 Å². The minimum absolute atomic E-state index is 0.296. The molecule has 3 nitrogen and oxygen atoms in total. The first-order valence-electron chi connectivity index (χ1n) is 9.19. The van der Waals surface area contributed by atoms with Crippen LogP contribution in [0.3, 0.4) is 0 Å². The van der Waals surface area contributed by atoms with Crippen molar-refractivity contribution in [2.24, 2.45) is 11.8 Å². The lowest BCUT2D eigenvalue weighted by atomic mass is 9.89. The number of carbonyl (C=O) groups is 1. The van der Waals surface area contributed by atoms with Gasteiger partial charge in [0.25, 0.3) is 0 Å². The fourth-order valence-corrected chi connectivity index (χ4v) is 3.85. The maximum Gasteiger partial charge on any atom is 0.225 e. The Labute approximate surface area is 130 Å². The fourth-order valence-electron chi connectivity index (χ4n) is 3.85. The van der Waals surface area contributed by atoms with Gasteiger partial charge in [0.15, 0.2) is 0 Å². The van der Waals surface area contributed by atoms with Crippen LogP contribution >= 0.6 is 0 Å². The van der Waals surface area contributed by atoms with Gasteiger partial charge in [-0.2, -0.15) is 0 Å². The monoisotopic (exact) mass is 294 g/mol. The molecule has 0 radical (unpaired) electrons. The molecule has 1 aliphatic heterocycles.